The minimum absolute atomic E-state index is 0.0687. The van der Waals surface area contributed by atoms with E-state index in [2.05, 4.69) is 21.5 Å². The summed E-state index contributed by atoms with van der Waals surface area (Å²) in [6, 6.07) is 0.526. The Morgan fingerprint density at radius 2 is 2.20 bits per heavy atom. The second-order valence-electron chi connectivity index (χ2n) is 6.08. The molecular weight excluding hydrogens is 250 g/mol. The second kappa shape index (κ2) is 6.60. The number of carbonyl (C=O) groups is 1. The van der Waals surface area contributed by atoms with Crippen molar-refractivity contribution >= 4 is 5.91 Å². The Bertz CT molecular complexity index is 384. The third-order valence-corrected chi connectivity index (χ3v) is 5.00. The van der Waals surface area contributed by atoms with Crippen LogP contribution in [-0.2, 0) is 4.79 Å². The highest BCUT2D eigenvalue weighted by atomic mass is 16.2. The van der Waals surface area contributed by atoms with Crippen molar-refractivity contribution in [1.82, 2.24) is 15.5 Å². The second-order valence-corrected chi connectivity index (χ2v) is 6.08. The summed E-state index contributed by atoms with van der Waals surface area (Å²) >= 11 is 0. The summed E-state index contributed by atoms with van der Waals surface area (Å²) < 4.78 is 0. The Hall–Kier alpha value is -1.05. The standard InChI is InChI=1S/C16H27N3O/c1-4-16(5-2,6-3)18-15(20)12-19-9-7-8-13-10-17-11-14(13)19/h1,13-14,17H,5-12H2,2-3H3,(H,18,20). The van der Waals surface area contributed by atoms with Crippen molar-refractivity contribution in [3.05, 3.63) is 0 Å². The highest BCUT2D eigenvalue weighted by Crippen LogP contribution is 2.26. The summed E-state index contributed by atoms with van der Waals surface area (Å²) in [5.74, 6) is 3.55. The molecule has 2 saturated heterocycles. The molecule has 2 rings (SSSR count). The van der Waals surface area contributed by atoms with Crippen molar-refractivity contribution in [3.8, 4) is 12.3 Å². The summed E-state index contributed by atoms with van der Waals surface area (Å²) in [4.78, 5) is 14.7. The monoisotopic (exact) mass is 277 g/mol. The number of hydrogen-bond acceptors (Lipinski definition) is 3. The lowest BCUT2D eigenvalue weighted by atomic mass is 9.91. The number of nitrogens with one attached hydrogen (secondary N) is 2. The highest BCUT2D eigenvalue weighted by Gasteiger charge is 2.36. The molecule has 20 heavy (non-hydrogen) atoms. The SMILES string of the molecule is C#CC(CC)(CC)NC(=O)CN1CCCC2CNCC21. The Kier molecular flexibility index (Phi) is 5.06. The van der Waals surface area contributed by atoms with Crippen molar-refractivity contribution in [2.45, 2.75) is 51.1 Å². The fourth-order valence-corrected chi connectivity index (χ4v) is 3.52. The number of amides is 1. The number of rotatable bonds is 5. The smallest absolute Gasteiger partial charge is 0.235 e. The van der Waals surface area contributed by atoms with Crippen molar-refractivity contribution in [1.29, 1.82) is 0 Å². The maximum atomic E-state index is 12.3. The van der Waals surface area contributed by atoms with E-state index in [4.69, 9.17) is 6.42 Å². The lowest BCUT2D eigenvalue weighted by Crippen LogP contribution is -2.53. The van der Waals surface area contributed by atoms with E-state index < -0.39 is 5.54 Å². The van der Waals surface area contributed by atoms with Crippen LogP contribution in [0.1, 0.15) is 39.5 Å². The van der Waals surface area contributed by atoms with E-state index in [0.29, 0.717) is 18.5 Å². The van der Waals surface area contributed by atoms with Crippen LogP contribution in [0.5, 0.6) is 0 Å². The predicted molar refractivity (Wildman–Crippen MR) is 81.2 cm³/mol. The maximum Gasteiger partial charge on any atom is 0.235 e. The molecule has 2 aliphatic rings. The first-order valence-corrected chi connectivity index (χ1v) is 7.87. The molecule has 2 fully saturated rings. The van der Waals surface area contributed by atoms with Gasteiger partial charge in [-0.15, -0.1) is 6.42 Å². The molecular formula is C16H27N3O. The number of piperidine rings is 1. The molecule has 0 aliphatic carbocycles. The zero-order valence-electron chi connectivity index (χ0n) is 12.7. The van der Waals surface area contributed by atoms with E-state index in [9.17, 15) is 4.79 Å². The maximum absolute atomic E-state index is 12.3. The quantitative estimate of drug-likeness (QED) is 0.736. The molecule has 0 aromatic carbocycles. The van der Waals surface area contributed by atoms with Crippen LogP contribution in [0, 0.1) is 18.3 Å². The molecule has 0 saturated carbocycles. The van der Waals surface area contributed by atoms with Crippen molar-refractivity contribution in [3.63, 3.8) is 0 Å². The van der Waals surface area contributed by atoms with Crippen molar-refractivity contribution in [2.24, 2.45) is 5.92 Å². The fraction of sp³-hybridized carbons (Fsp3) is 0.812. The topological polar surface area (TPSA) is 44.4 Å². The summed E-state index contributed by atoms with van der Waals surface area (Å²) in [6.45, 7) is 7.67. The van der Waals surface area contributed by atoms with E-state index in [1.165, 1.54) is 12.8 Å². The van der Waals surface area contributed by atoms with Gasteiger partial charge in [0.25, 0.3) is 0 Å². The average molecular weight is 277 g/mol. The number of likely N-dealkylation sites (tertiary alicyclic amines) is 1. The minimum Gasteiger partial charge on any atom is -0.339 e. The van der Waals surface area contributed by atoms with E-state index in [0.717, 1.165) is 32.5 Å². The Morgan fingerprint density at radius 3 is 2.85 bits per heavy atom. The van der Waals surface area contributed by atoms with Crippen LogP contribution in [0.4, 0.5) is 0 Å². The van der Waals surface area contributed by atoms with Gasteiger partial charge in [-0.05, 0) is 44.7 Å². The molecule has 4 nitrogen and oxygen atoms in total. The van der Waals surface area contributed by atoms with Gasteiger partial charge in [0.2, 0.25) is 5.91 Å². The minimum atomic E-state index is -0.472. The third-order valence-electron chi connectivity index (χ3n) is 5.00. The highest BCUT2D eigenvalue weighted by molar-refractivity contribution is 5.79. The number of nitrogens with zero attached hydrogens (tertiary/aromatic N) is 1. The Balaban J connectivity index is 1.92. The van der Waals surface area contributed by atoms with Crippen molar-refractivity contribution in [2.75, 3.05) is 26.2 Å². The van der Waals surface area contributed by atoms with Gasteiger partial charge in [0.1, 0.15) is 5.54 Å². The van der Waals surface area contributed by atoms with Gasteiger partial charge in [0.05, 0.1) is 6.54 Å². The number of fused-ring (bicyclic) bond motifs is 1. The molecule has 0 spiro atoms. The predicted octanol–water partition coefficient (Wildman–Crippen LogP) is 0.978. The lowest BCUT2D eigenvalue weighted by Gasteiger charge is -2.37. The fourth-order valence-electron chi connectivity index (χ4n) is 3.52. The molecule has 2 unspecified atom stereocenters. The first-order chi connectivity index (χ1) is 9.64. The summed E-state index contributed by atoms with van der Waals surface area (Å²) in [5.41, 5.74) is -0.472. The zero-order chi connectivity index (χ0) is 14.6. The number of carbonyl (C=O) groups excluding carboxylic acids is 1. The summed E-state index contributed by atoms with van der Waals surface area (Å²) in [6.07, 6.45) is 9.64. The molecule has 2 N–H and O–H groups in total. The molecule has 4 heteroatoms. The molecule has 2 heterocycles. The first-order valence-electron chi connectivity index (χ1n) is 7.87. The third kappa shape index (κ3) is 3.16. The normalized spacial score (nSPS) is 26.9. The van der Waals surface area contributed by atoms with Gasteiger partial charge in [0, 0.05) is 12.6 Å². The van der Waals surface area contributed by atoms with Gasteiger partial charge in [-0.2, -0.15) is 0 Å². The van der Waals surface area contributed by atoms with Crippen LogP contribution in [0.2, 0.25) is 0 Å². The summed E-state index contributed by atoms with van der Waals surface area (Å²) in [5, 5.41) is 6.51. The summed E-state index contributed by atoms with van der Waals surface area (Å²) in [7, 11) is 0. The molecule has 0 bridgehead atoms. The van der Waals surface area contributed by atoms with Gasteiger partial charge >= 0.3 is 0 Å². The van der Waals surface area contributed by atoms with Crippen LogP contribution in [0.3, 0.4) is 0 Å². The average Bonchev–Trinajstić information content (AvgIpc) is 2.94. The Labute approximate surface area is 122 Å². The molecule has 2 atom stereocenters. The van der Waals surface area contributed by atoms with Gasteiger partial charge in [-0.3, -0.25) is 9.69 Å². The van der Waals surface area contributed by atoms with Crippen LogP contribution >= 0.6 is 0 Å². The van der Waals surface area contributed by atoms with Gasteiger partial charge in [-0.25, -0.2) is 0 Å². The molecule has 2 aliphatic heterocycles. The zero-order valence-corrected chi connectivity index (χ0v) is 12.7. The van der Waals surface area contributed by atoms with E-state index in [1.807, 2.05) is 13.8 Å². The van der Waals surface area contributed by atoms with Gasteiger partial charge < -0.3 is 10.6 Å². The van der Waals surface area contributed by atoms with Gasteiger partial charge in [-0.1, -0.05) is 19.8 Å². The molecule has 0 radical (unpaired) electrons. The molecule has 0 aromatic heterocycles. The van der Waals surface area contributed by atoms with Crippen LogP contribution in [-0.4, -0.2) is 48.6 Å². The van der Waals surface area contributed by atoms with Gasteiger partial charge in [0.15, 0.2) is 0 Å². The largest absolute Gasteiger partial charge is 0.339 e. The van der Waals surface area contributed by atoms with E-state index in [-0.39, 0.29) is 5.91 Å². The number of terminal acetylenes is 1. The van der Waals surface area contributed by atoms with Crippen LogP contribution in [0.15, 0.2) is 0 Å². The molecule has 112 valence electrons. The van der Waals surface area contributed by atoms with Crippen molar-refractivity contribution < 1.29 is 4.79 Å². The lowest BCUT2D eigenvalue weighted by molar-refractivity contribution is -0.124. The van der Waals surface area contributed by atoms with Crippen LogP contribution in [0.25, 0.3) is 0 Å². The molecule has 1 amide bonds. The first kappa shape index (κ1) is 15.3. The van der Waals surface area contributed by atoms with Crippen LogP contribution < -0.4 is 10.6 Å². The molecule has 0 aromatic rings. The van der Waals surface area contributed by atoms with E-state index >= 15 is 0 Å². The number of hydrogen-bond donors (Lipinski definition) is 2. The Morgan fingerprint density at radius 1 is 1.45 bits per heavy atom. The van der Waals surface area contributed by atoms with E-state index in [1.54, 1.807) is 0 Å².